The number of likely N-dealkylation sites (tertiary alicyclic amines) is 1. The molecule has 1 heterocycles. The number of ether oxygens (including phenoxy) is 1. The first-order valence-corrected chi connectivity index (χ1v) is 8.59. The Labute approximate surface area is 136 Å². The topological polar surface area (TPSA) is 12.5 Å². The zero-order valence-corrected chi connectivity index (χ0v) is 13.4. The molecule has 1 aliphatic heterocycles. The molecule has 2 aliphatic rings. The molecule has 0 radical (unpaired) electrons. The number of benzene rings is 2. The standard InChI is InChI=1S/C20H22FNO/c21-19-10-11-20(18-5-3-4-17(18)19)23-16-8-6-15(7-9-16)14-22-12-1-2-13-22/h6-11H,1-5,12-14H2. The first kappa shape index (κ1) is 14.7. The van der Waals surface area contributed by atoms with Crippen molar-refractivity contribution in [1.82, 2.24) is 4.90 Å². The summed E-state index contributed by atoms with van der Waals surface area (Å²) in [4.78, 5) is 2.49. The maximum Gasteiger partial charge on any atom is 0.131 e. The second kappa shape index (κ2) is 6.32. The van der Waals surface area contributed by atoms with Gasteiger partial charge in [0.25, 0.3) is 0 Å². The van der Waals surface area contributed by atoms with E-state index in [0.29, 0.717) is 0 Å². The van der Waals surface area contributed by atoms with Crippen LogP contribution in [0.4, 0.5) is 4.39 Å². The van der Waals surface area contributed by atoms with E-state index in [-0.39, 0.29) is 5.82 Å². The van der Waals surface area contributed by atoms with Gasteiger partial charge in [0.05, 0.1) is 0 Å². The summed E-state index contributed by atoms with van der Waals surface area (Å²) in [6.07, 6.45) is 5.39. The van der Waals surface area contributed by atoms with E-state index in [0.717, 1.165) is 48.4 Å². The molecule has 0 unspecified atom stereocenters. The highest BCUT2D eigenvalue weighted by atomic mass is 19.1. The van der Waals surface area contributed by atoms with Crippen molar-refractivity contribution >= 4 is 0 Å². The average molecular weight is 311 g/mol. The van der Waals surface area contributed by atoms with Crippen LogP contribution in [0.15, 0.2) is 36.4 Å². The van der Waals surface area contributed by atoms with Crippen LogP contribution in [0.25, 0.3) is 0 Å². The number of halogens is 1. The quantitative estimate of drug-likeness (QED) is 0.811. The second-order valence-corrected chi connectivity index (χ2v) is 6.59. The lowest BCUT2D eigenvalue weighted by molar-refractivity contribution is 0.331. The van der Waals surface area contributed by atoms with Crippen molar-refractivity contribution in [2.45, 2.75) is 38.6 Å². The Hall–Kier alpha value is -1.87. The van der Waals surface area contributed by atoms with Crippen molar-refractivity contribution < 1.29 is 9.13 Å². The highest BCUT2D eigenvalue weighted by Gasteiger charge is 2.20. The smallest absolute Gasteiger partial charge is 0.131 e. The molecule has 4 rings (SSSR count). The van der Waals surface area contributed by atoms with Crippen molar-refractivity contribution in [2.24, 2.45) is 0 Å². The Kier molecular flexibility index (Phi) is 4.04. The fourth-order valence-corrected chi connectivity index (χ4v) is 3.71. The molecule has 23 heavy (non-hydrogen) atoms. The van der Waals surface area contributed by atoms with E-state index < -0.39 is 0 Å². The summed E-state index contributed by atoms with van der Waals surface area (Å²) in [5.41, 5.74) is 3.21. The number of hydrogen-bond donors (Lipinski definition) is 0. The van der Waals surface area contributed by atoms with E-state index in [1.54, 1.807) is 6.07 Å². The van der Waals surface area contributed by atoms with Gasteiger partial charge in [-0.1, -0.05) is 12.1 Å². The highest BCUT2D eigenvalue weighted by molar-refractivity contribution is 5.46. The SMILES string of the molecule is Fc1ccc(Oc2ccc(CN3CCCC3)cc2)c2c1CCC2. The summed E-state index contributed by atoms with van der Waals surface area (Å²) in [6, 6.07) is 11.6. The molecule has 0 aromatic heterocycles. The number of fused-ring (bicyclic) bond motifs is 1. The molecule has 0 saturated carbocycles. The summed E-state index contributed by atoms with van der Waals surface area (Å²) in [7, 11) is 0. The first-order valence-electron chi connectivity index (χ1n) is 8.59. The summed E-state index contributed by atoms with van der Waals surface area (Å²) in [6.45, 7) is 3.44. The Morgan fingerprint density at radius 1 is 0.870 bits per heavy atom. The molecule has 0 amide bonds. The van der Waals surface area contributed by atoms with Gasteiger partial charge in [-0.05, 0) is 80.6 Å². The Morgan fingerprint density at radius 2 is 1.61 bits per heavy atom. The molecule has 120 valence electrons. The first-order chi connectivity index (χ1) is 11.3. The van der Waals surface area contributed by atoms with Crippen LogP contribution in [-0.2, 0) is 19.4 Å². The van der Waals surface area contributed by atoms with Gasteiger partial charge in [0.15, 0.2) is 0 Å². The van der Waals surface area contributed by atoms with Gasteiger partial charge >= 0.3 is 0 Å². The molecule has 3 heteroatoms. The maximum absolute atomic E-state index is 13.8. The fourth-order valence-electron chi connectivity index (χ4n) is 3.71. The van der Waals surface area contributed by atoms with E-state index in [9.17, 15) is 4.39 Å². The second-order valence-electron chi connectivity index (χ2n) is 6.59. The van der Waals surface area contributed by atoms with Crippen LogP contribution in [0, 0.1) is 5.82 Å². The van der Waals surface area contributed by atoms with E-state index in [1.807, 2.05) is 12.1 Å². The molecular weight excluding hydrogens is 289 g/mol. The summed E-state index contributed by atoms with van der Waals surface area (Å²) >= 11 is 0. The molecule has 0 atom stereocenters. The van der Waals surface area contributed by atoms with Crippen LogP contribution in [0.5, 0.6) is 11.5 Å². The van der Waals surface area contributed by atoms with Crippen molar-refractivity contribution in [3.8, 4) is 11.5 Å². The van der Waals surface area contributed by atoms with Crippen molar-refractivity contribution in [3.63, 3.8) is 0 Å². The molecule has 1 fully saturated rings. The molecule has 0 bridgehead atoms. The number of nitrogens with zero attached hydrogens (tertiary/aromatic N) is 1. The van der Waals surface area contributed by atoms with Crippen LogP contribution in [-0.4, -0.2) is 18.0 Å². The molecule has 0 N–H and O–H groups in total. The minimum Gasteiger partial charge on any atom is -0.457 e. The van der Waals surface area contributed by atoms with Gasteiger partial charge in [-0.25, -0.2) is 4.39 Å². The van der Waals surface area contributed by atoms with Crippen LogP contribution < -0.4 is 4.74 Å². The van der Waals surface area contributed by atoms with Crippen molar-refractivity contribution in [1.29, 1.82) is 0 Å². The van der Waals surface area contributed by atoms with Crippen molar-refractivity contribution in [3.05, 3.63) is 58.9 Å². The van der Waals surface area contributed by atoms with Gasteiger partial charge in [-0.2, -0.15) is 0 Å². The third kappa shape index (κ3) is 3.11. The van der Waals surface area contributed by atoms with Gasteiger partial charge in [0, 0.05) is 12.1 Å². The minimum absolute atomic E-state index is 0.0918. The van der Waals surface area contributed by atoms with Crippen LogP contribution in [0.3, 0.4) is 0 Å². The number of rotatable bonds is 4. The van der Waals surface area contributed by atoms with Gasteiger partial charge in [-0.3, -0.25) is 4.90 Å². The minimum atomic E-state index is -0.0918. The van der Waals surface area contributed by atoms with Gasteiger partial charge in [0.1, 0.15) is 17.3 Å². The molecule has 1 aliphatic carbocycles. The zero-order chi connectivity index (χ0) is 15.6. The molecule has 2 aromatic carbocycles. The third-order valence-corrected chi connectivity index (χ3v) is 4.94. The average Bonchev–Trinajstić information content (AvgIpc) is 3.24. The largest absolute Gasteiger partial charge is 0.457 e. The van der Waals surface area contributed by atoms with Crippen LogP contribution in [0.2, 0.25) is 0 Å². The molecule has 1 saturated heterocycles. The molecule has 0 spiro atoms. The fraction of sp³-hybridized carbons (Fsp3) is 0.400. The monoisotopic (exact) mass is 311 g/mol. The normalized spacial score (nSPS) is 17.4. The molecule has 2 aromatic rings. The molecule has 2 nitrogen and oxygen atoms in total. The Morgan fingerprint density at radius 3 is 2.39 bits per heavy atom. The summed E-state index contributed by atoms with van der Waals surface area (Å²) < 4.78 is 19.8. The van der Waals surface area contributed by atoms with Gasteiger partial charge in [0.2, 0.25) is 0 Å². The Bertz CT molecular complexity index is 690. The van der Waals surface area contributed by atoms with E-state index in [2.05, 4.69) is 17.0 Å². The Balaban J connectivity index is 1.48. The van der Waals surface area contributed by atoms with Crippen LogP contribution >= 0.6 is 0 Å². The third-order valence-electron chi connectivity index (χ3n) is 4.94. The van der Waals surface area contributed by atoms with E-state index >= 15 is 0 Å². The predicted octanol–water partition coefficient (Wildman–Crippen LogP) is 4.70. The van der Waals surface area contributed by atoms with Crippen LogP contribution in [0.1, 0.15) is 36.0 Å². The lowest BCUT2D eigenvalue weighted by Gasteiger charge is -2.15. The summed E-state index contributed by atoms with van der Waals surface area (Å²) in [5, 5.41) is 0. The highest BCUT2D eigenvalue weighted by Crippen LogP contribution is 2.35. The van der Waals surface area contributed by atoms with Crippen molar-refractivity contribution in [2.75, 3.05) is 13.1 Å². The lowest BCUT2D eigenvalue weighted by Crippen LogP contribution is -2.18. The van der Waals surface area contributed by atoms with E-state index in [1.165, 1.54) is 37.6 Å². The van der Waals surface area contributed by atoms with Gasteiger partial charge in [-0.15, -0.1) is 0 Å². The van der Waals surface area contributed by atoms with Gasteiger partial charge < -0.3 is 4.74 Å². The number of hydrogen-bond acceptors (Lipinski definition) is 2. The zero-order valence-electron chi connectivity index (χ0n) is 13.4. The summed E-state index contributed by atoms with van der Waals surface area (Å²) in [5.74, 6) is 1.55. The predicted molar refractivity (Wildman–Crippen MR) is 89.5 cm³/mol. The van der Waals surface area contributed by atoms with E-state index in [4.69, 9.17) is 4.74 Å². The molecular formula is C20H22FNO. The lowest BCUT2D eigenvalue weighted by atomic mass is 10.1. The maximum atomic E-state index is 13.8.